The Kier molecular flexibility index (Phi) is 7.18. The number of thiophene rings is 1. The molecule has 8 nitrogen and oxygen atoms in total. The van der Waals surface area contributed by atoms with Crippen LogP contribution in [0.25, 0.3) is 11.3 Å². The fourth-order valence-corrected chi connectivity index (χ4v) is 3.60. The van der Waals surface area contributed by atoms with E-state index in [9.17, 15) is 9.59 Å². The van der Waals surface area contributed by atoms with Gasteiger partial charge in [0.25, 0.3) is 0 Å². The lowest BCUT2D eigenvalue weighted by Gasteiger charge is -2.05. The van der Waals surface area contributed by atoms with Gasteiger partial charge in [0.05, 0.1) is 6.20 Å². The van der Waals surface area contributed by atoms with Crippen LogP contribution >= 0.6 is 11.3 Å². The van der Waals surface area contributed by atoms with Crippen LogP contribution in [0.3, 0.4) is 0 Å². The zero-order valence-corrected chi connectivity index (χ0v) is 17.1. The molecular formula is C20H24N4O4S. The number of unbranched alkanes of at least 4 members (excludes halogenated alkanes) is 3. The van der Waals surface area contributed by atoms with Crippen molar-refractivity contribution >= 4 is 23.2 Å². The molecule has 3 rings (SSSR count). The quantitative estimate of drug-likeness (QED) is 0.459. The van der Waals surface area contributed by atoms with Crippen LogP contribution in [0.1, 0.15) is 54.0 Å². The summed E-state index contributed by atoms with van der Waals surface area (Å²) in [5.74, 6) is -0.752. The standard InChI is InChI=1S/C20H24N4O4S/c1-14-16(10-18(28-14)20(26)27)11-21-19(25)6-4-2-3-5-8-24-12-17(22-23-24)15-7-9-29-13-15/h7,9-10,12-13H,2-6,8,11H2,1H3,(H,21,25)(H,26,27). The second-order valence-electron chi connectivity index (χ2n) is 6.82. The minimum absolute atomic E-state index is 0.0424. The first kappa shape index (κ1) is 20.8. The van der Waals surface area contributed by atoms with Gasteiger partial charge in [0, 0.05) is 36.0 Å². The van der Waals surface area contributed by atoms with E-state index in [1.807, 2.05) is 22.3 Å². The van der Waals surface area contributed by atoms with Gasteiger partial charge in [-0.25, -0.2) is 4.79 Å². The molecule has 0 aliphatic heterocycles. The van der Waals surface area contributed by atoms with Crippen molar-refractivity contribution in [3.05, 3.63) is 46.2 Å². The SMILES string of the molecule is Cc1oc(C(=O)O)cc1CNC(=O)CCCCCCn1cc(-c2ccsc2)nn1. The van der Waals surface area contributed by atoms with Crippen molar-refractivity contribution in [3.8, 4) is 11.3 Å². The Morgan fingerprint density at radius 3 is 2.83 bits per heavy atom. The summed E-state index contributed by atoms with van der Waals surface area (Å²) in [5.41, 5.74) is 2.67. The van der Waals surface area contributed by atoms with E-state index >= 15 is 0 Å². The molecule has 3 heterocycles. The number of furan rings is 1. The highest BCUT2D eigenvalue weighted by atomic mass is 32.1. The number of nitrogens with zero attached hydrogens (tertiary/aromatic N) is 3. The Hall–Kier alpha value is -2.94. The molecule has 1 amide bonds. The smallest absolute Gasteiger partial charge is 0.371 e. The number of carboxylic acid groups (broad SMARTS) is 1. The monoisotopic (exact) mass is 416 g/mol. The van der Waals surface area contributed by atoms with Crippen LogP contribution in [0.15, 0.2) is 33.5 Å². The molecule has 3 aromatic rings. The van der Waals surface area contributed by atoms with Gasteiger partial charge in [-0.15, -0.1) is 5.10 Å². The Morgan fingerprint density at radius 2 is 2.10 bits per heavy atom. The molecule has 154 valence electrons. The van der Waals surface area contributed by atoms with Crippen LogP contribution in [0.5, 0.6) is 0 Å². The molecule has 0 saturated carbocycles. The summed E-state index contributed by atoms with van der Waals surface area (Å²) in [7, 11) is 0. The Balaban J connectivity index is 1.28. The van der Waals surface area contributed by atoms with Crippen LogP contribution in [0.2, 0.25) is 0 Å². The molecule has 0 aliphatic carbocycles. The van der Waals surface area contributed by atoms with E-state index in [-0.39, 0.29) is 18.2 Å². The van der Waals surface area contributed by atoms with Crippen LogP contribution in [-0.2, 0) is 17.9 Å². The maximum Gasteiger partial charge on any atom is 0.371 e. The van der Waals surface area contributed by atoms with Gasteiger partial charge < -0.3 is 14.8 Å². The Labute approximate surface area is 172 Å². The third-order valence-corrected chi connectivity index (χ3v) is 5.29. The largest absolute Gasteiger partial charge is 0.475 e. The fourth-order valence-electron chi connectivity index (χ4n) is 2.95. The second kappa shape index (κ2) is 10.0. The minimum Gasteiger partial charge on any atom is -0.475 e. The van der Waals surface area contributed by atoms with Gasteiger partial charge in [0.15, 0.2) is 0 Å². The zero-order chi connectivity index (χ0) is 20.6. The highest BCUT2D eigenvalue weighted by Crippen LogP contribution is 2.19. The number of carboxylic acids is 1. The molecule has 0 aliphatic rings. The fraction of sp³-hybridized carbons (Fsp3) is 0.400. The van der Waals surface area contributed by atoms with E-state index in [2.05, 4.69) is 21.0 Å². The average molecular weight is 417 g/mol. The normalized spacial score (nSPS) is 10.9. The number of amides is 1. The minimum atomic E-state index is -1.11. The van der Waals surface area contributed by atoms with E-state index in [1.165, 1.54) is 6.07 Å². The number of carbonyl (C=O) groups is 2. The number of aromatic nitrogens is 3. The molecule has 0 atom stereocenters. The van der Waals surface area contributed by atoms with Crippen molar-refractivity contribution < 1.29 is 19.1 Å². The van der Waals surface area contributed by atoms with E-state index in [0.717, 1.165) is 43.5 Å². The first-order chi connectivity index (χ1) is 14.0. The Bertz CT molecular complexity index is 946. The van der Waals surface area contributed by atoms with Gasteiger partial charge >= 0.3 is 5.97 Å². The van der Waals surface area contributed by atoms with Gasteiger partial charge in [-0.3, -0.25) is 9.48 Å². The predicted octanol–water partition coefficient (Wildman–Crippen LogP) is 3.87. The lowest BCUT2D eigenvalue weighted by atomic mass is 10.1. The summed E-state index contributed by atoms with van der Waals surface area (Å²) in [6.45, 7) is 2.78. The number of aromatic carboxylic acids is 1. The highest BCUT2D eigenvalue weighted by molar-refractivity contribution is 7.08. The van der Waals surface area contributed by atoms with Crippen molar-refractivity contribution in [3.63, 3.8) is 0 Å². The van der Waals surface area contributed by atoms with Crippen molar-refractivity contribution in [2.45, 2.75) is 52.1 Å². The molecule has 9 heteroatoms. The third kappa shape index (κ3) is 6.02. The maximum absolute atomic E-state index is 12.0. The first-order valence-electron chi connectivity index (χ1n) is 9.55. The molecule has 3 aromatic heterocycles. The molecule has 0 spiro atoms. The number of aryl methyl sites for hydroxylation is 2. The lowest BCUT2D eigenvalue weighted by molar-refractivity contribution is -0.121. The summed E-state index contributed by atoms with van der Waals surface area (Å²) in [4.78, 5) is 22.8. The molecule has 29 heavy (non-hydrogen) atoms. The summed E-state index contributed by atoms with van der Waals surface area (Å²) in [6, 6.07) is 3.48. The van der Waals surface area contributed by atoms with Crippen LogP contribution in [-0.4, -0.2) is 32.0 Å². The Morgan fingerprint density at radius 1 is 1.28 bits per heavy atom. The summed E-state index contributed by atoms with van der Waals surface area (Å²) in [5, 5.41) is 24.1. The van der Waals surface area contributed by atoms with Crippen molar-refractivity contribution in [2.75, 3.05) is 0 Å². The third-order valence-electron chi connectivity index (χ3n) is 4.60. The zero-order valence-electron chi connectivity index (χ0n) is 16.3. The number of hydrogen-bond acceptors (Lipinski definition) is 6. The molecular weight excluding hydrogens is 392 g/mol. The number of hydrogen-bond donors (Lipinski definition) is 2. The van der Waals surface area contributed by atoms with Crippen LogP contribution < -0.4 is 5.32 Å². The summed E-state index contributed by atoms with van der Waals surface area (Å²) >= 11 is 1.64. The van der Waals surface area contributed by atoms with E-state index in [4.69, 9.17) is 9.52 Å². The predicted molar refractivity (Wildman–Crippen MR) is 109 cm³/mol. The van der Waals surface area contributed by atoms with Crippen molar-refractivity contribution in [2.24, 2.45) is 0 Å². The van der Waals surface area contributed by atoms with Crippen molar-refractivity contribution in [1.29, 1.82) is 0 Å². The number of nitrogens with one attached hydrogen (secondary N) is 1. The molecule has 2 N–H and O–H groups in total. The van der Waals surface area contributed by atoms with Crippen LogP contribution in [0, 0.1) is 6.92 Å². The molecule has 0 bridgehead atoms. The first-order valence-corrected chi connectivity index (χ1v) is 10.5. The van der Waals surface area contributed by atoms with Crippen LogP contribution in [0.4, 0.5) is 0 Å². The molecule has 0 saturated heterocycles. The number of rotatable bonds is 11. The van der Waals surface area contributed by atoms with Gasteiger partial charge in [-0.05, 0) is 37.3 Å². The lowest BCUT2D eigenvalue weighted by Crippen LogP contribution is -2.22. The topological polar surface area (TPSA) is 110 Å². The summed E-state index contributed by atoms with van der Waals surface area (Å²) < 4.78 is 6.99. The molecule has 0 fully saturated rings. The average Bonchev–Trinajstić information content (AvgIpc) is 3.43. The summed E-state index contributed by atoms with van der Waals surface area (Å²) in [6.07, 6.45) is 6.20. The van der Waals surface area contributed by atoms with E-state index < -0.39 is 5.97 Å². The van der Waals surface area contributed by atoms with Gasteiger partial charge in [-0.1, -0.05) is 18.1 Å². The molecule has 0 unspecified atom stereocenters. The van der Waals surface area contributed by atoms with E-state index in [1.54, 1.807) is 18.3 Å². The highest BCUT2D eigenvalue weighted by Gasteiger charge is 2.13. The van der Waals surface area contributed by atoms with E-state index in [0.29, 0.717) is 17.7 Å². The molecule has 0 radical (unpaired) electrons. The second-order valence-corrected chi connectivity index (χ2v) is 7.60. The maximum atomic E-state index is 12.0. The van der Waals surface area contributed by atoms with Gasteiger partial charge in [0.1, 0.15) is 11.5 Å². The van der Waals surface area contributed by atoms with Gasteiger partial charge in [-0.2, -0.15) is 11.3 Å². The van der Waals surface area contributed by atoms with Crippen molar-refractivity contribution in [1.82, 2.24) is 20.3 Å². The number of carbonyl (C=O) groups excluding carboxylic acids is 1. The van der Waals surface area contributed by atoms with Gasteiger partial charge in [0.2, 0.25) is 11.7 Å². The molecule has 0 aromatic carbocycles.